The van der Waals surface area contributed by atoms with E-state index in [9.17, 15) is 0 Å². The molecule has 0 aliphatic carbocycles. The number of likely N-dealkylation sites (tertiary alicyclic amines) is 1. The van der Waals surface area contributed by atoms with Crippen molar-refractivity contribution in [3.05, 3.63) is 23.9 Å². The Morgan fingerprint density at radius 1 is 1.42 bits per heavy atom. The smallest absolute Gasteiger partial charge is 0.212 e. The zero-order valence-electron chi connectivity index (χ0n) is 12.0. The molecule has 1 aliphatic heterocycles. The number of ether oxygens (including phenoxy) is 1. The summed E-state index contributed by atoms with van der Waals surface area (Å²) in [5, 5.41) is 0. The van der Waals surface area contributed by atoms with Crippen LogP contribution < -0.4 is 10.5 Å². The average molecular weight is 263 g/mol. The number of aromatic nitrogens is 1. The standard InChI is InChI=1S/C15H25N3O/c1-12-6-4-3-5-9-18(12)14(10-16)13-7-8-15(19-2)17-11-13/h7-8,11-12,14H,3-6,9-10,16H2,1-2H3. The molecule has 0 spiro atoms. The van der Waals surface area contributed by atoms with Crippen LogP contribution in [0.2, 0.25) is 0 Å². The molecule has 1 aromatic heterocycles. The number of rotatable bonds is 4. The van der Waals surface area contributed by atoms with Crippen molar-refractivity contribution in [1.82, 2.24) is 9.88 Å². The summed E-state index contributed by atoms with van der Waals surface area (Å²) in [6.45, 7) is 4.08. The van der Waals surface area contributed by atoms with Crippen molar-refractivity contribution >= 4 is 0 Å². The van der Waals surface area contributed by atoms with Gasteiger partial charge in [-0.2, -0.15) is 0 Å². The Kier molecular flexibility index (Phi) is 5.16. The fraction of sp³-hybridized carbons (Fsp3) is 0.667. The molecule has 106 valence electrons. The molecule has 1 aromatic rings. The SMILES string of the molecule is COc1ccc(C(CN)N2CCCCCC2C)cn1. The van der Waals surface area contributed by atoms with E-state index in [1.165, 1.54) is 31.2 Å². The lowest BCUT2D eigenvalue weighted by molar-refractivity contribution is 0.150. The van der Waals surface area contributed by atoms with Crippen LogP contribution in [-0.2, 0) is 0 Å². The van der Waals surface area contributed by atoms with E-state index >= 15 is 0 Å². The maximum atomic E-state index is 6.02. The van der Waals surface area contributed by atoms with E-state index in [1.54, 1.807) is 7.11 Å². The first kappa shape index (κ1) is 14.3. The molecule has 0 amide bonds. The average Bonchev–Trinajstić information content (AvgIpc) is 2.66. The van der Waals surface area contributed by atoms with Gasteiger partial charge in [-0.3, -0.25) is 4.90 Å². The summed E-state index contributed by atoms with van der Waals surface area (Å²) < 4.78 is 5.11. The Labute approximate surface area is 116 Å². The van der Waals surface area contributed by atoms with Crippen LogP contribution in [-0.4, -0.2) is 36.1 Å². The summed E-state index contributed by atoms with van der Waals surface area (Å²) in [6.07, 6.45) is 7.09. The second kappa shape index (κ2) is 6.87. The van der Waals surface area contributed by atoms with Crippen molar-refractivity contribution in [1.29, 1.82) is 0 Å². The molecule has 4 nitrogen and oxygen atoms in total. The number of nitrogens with zero attached hydrogens (tertiary/aromatic N) is 2. The van der Waals surface area contributed by atoms with Crippen LogP contribution >= 0.6 is 0 Å². The Morgan fingerprint density at radius 2 is 2.26 bits per heavy atom. The Balaban J connectivity index is 2.16. The third-order valence-electron chi connectivity index (χ3n) is 4.08. The van der Waals surface area contributed by atoms with Gasteiger partial charge >= 0.3 is 0 Å². The number of methoxy groups -OCH3 is 1. The molecule has 2 atom stereocenters. The zero-order chi connectivity index (χ0) is 13.7. The molecular weight excluding hydrogens is 238 g/mol. The van der Waals surface area contributed by atoms with Gasteiger partial charge in [-0.25, -0.2) is 4.98 Å². The molecule has 2 unspecified atom stereocenters. The van der Waals surface area contributed by atoms with Crippen molar-refractivity contribution in [3.63, 3.8) is 0 Å². The quantitative estimate of drug-likeness (QED) is 0.906. The van der Waals surface area contributed by atoms with Crippen molar-refractivity contribution in [3.8, 4) is 5.88 Å². The van der Waals surface area contributed by atoms with Crippen LogP contribution in [0.3, 0.4) is 0 Å². The van der Waals surface area contributed by atoms with Gasteiger partial charge in [0.1, 0.15) is 0 Å². The topological polar surface area (TPSA) is 51.4 Å². The highest BCUT2D eigenvalue weighted by atomic mass is 16.5. The Bertz CT molecular complexity index is 379. The number of pyridine rings is 1. The van der Waals surface area contributed by atoms with Crippen LogP contribution in [0.15, 0.2) is 18.3 Å². The minimum Gasteiger partial charge on any atom is -0.481 e. The van der Waals surface area contributed by atoms with E-state index in [4.69, 9.17) is 10.5 Å². The van der Waals surface area contributed by atoms with Gasteiger partial charge in [0.25, 0.3) is 0 Å². The van der Waals surface area contributed by atoms with Gasteiger partial charge in [-0.05, 0) is 31.9 Å². The highest BCUT2D eigenvalue weighted by Crippen LogP contribution is 2.27. The normalized spacial score (nSPS) is 22.8. The molecular formula is C15H25N3O. The summed E-state index contributed by atoms with van der Waals surface area (Å²) in [6, 6.07) is 4.87. The second-order valence-corrected chi connectivity index (χ2v) is 5.32. The molecule has 2 N–H and O–H groups in total. The van der Waals surface area contributed by atoms with E-state index < -0.39 is 0 Å². The molecule has 19 heavy (non-hydrogen) atoms. The highest BCUT2D eigenvalue weighted by molar-refractivity contribution is 5.21. The fourth-order valence-electron chi connectivity index (χ4n) is 2.93. The van der Waals surface area contributed by atoms with E-state index in [-0.39, 0.29) is 6.04 Å². The zero-order valence-corrected chi connectivity index (χ0v) is 12.0. The van der Waals surface area contributed by atoms with Crippen LogP contribution in [0.5, 0.6) is 5.88 Å². The number of hydrogen-bond donors (Lipinski definition) is 1. The van der Waals surface area contributed by atoms with Gasteiger partial charge in [0.2, 0.25) is 5.88 Å². The molecule has 1 aliphatic rings. The van der Waals surface area contributed by atoms with Gasteiger partial charge < -0.3 is 10.5 Å². The molecule has 1 fully saturated rings. The maximum absolute atomic E-state index is 6.02. The third kappa shape index (κ3) is 3.45. The Hall–Kier alpha value is -1.13. The largest absolute Gasteiger partial charge is 0.481 e. The van der Waals surface area contributed by atoms with Gasteiger partial charge in [0, 0.05) is 30.9 Å². The highest BCUT2D eigenvalue weighted by Gasteiger charge is 2.25. The van der Waals surface area contributed by atoms with Gasteiger partial charge in [-0.1, -0.05) is 18.9 Å². The summed E-state index contributed by atoms with van der Waals surface area (Å²) >= 11 is 0. The van der Waals surface area contributed by atoms with E-state index in [1.807, 2.05) is 12.3 Å². The monoisotopic (exact) mass is 263 g/mol. The first-order chi connectivity index (χ1) is 9.26. The molecule has 0 aromatic carbocycles. The molecule has 0 saturated carbocycles. The number of nitrogens with two attached hydrogens (primary N) is 1. The van der Waals surface area contributed by atoms with Gasteiger partial charge in [0.15, 0.2) is 0 Å². The minimum absolute atomic E-state index is 0.270. The van der Waals surface area contributed by atoms with Gasteiger partial charge in [0.05, 0.1) is 7.11 Å². The van der Waals surface area contributed by atoms with Crippen molar-refractivity contribution in [2.45, 2.75) is 44.7 Å². The van der Waals surface area contributed by atoms with Crippen LogP contribution in [0.25, 0.3) is 0 Å². The van der Waals surface area contributed by atoms with Crippen molar-refractivity contribution < 1.29 is 4.74 Å². The summed E-state index contributed by atoms with van der Waals surface area (Å²) in [4.78, 5) is 6.84. The molecule has 1 saturated heterocycles. The van der Waals surface area contributed by atoms with E-state index in [2.05, 4.69) is 22.9 Å². The van der Waals surface area contributed by atoms with Crippen LogP contribution in [0.4, 0.5) is 0 Å². The summed E-state index contributed by atoms with van der Waals surface area (Å²) in [5.74, 6) is 0.656. The van der Waals surface area contributed by atoms with Crippen molar-refractivity contribution in [2.24, 2.45) is 5.73 Å². The Morgan fingerprint density at radius 3 is 2.89 bits per heavy atom. The predicted octanol–water partition coefficient (Wildman–Crippen LogP) is 2.35. The molecule has 2 rings (SSSR count). The predicted molar refractivity (Wildman–Crippen MR) is 77.2 cm³/mol. The second-order valence-electron chi connectivity index (χ2n) is 5.32. The van der Waals surface area contributed by atoms with E-state index in [0.29, 0.717) is 18.5 Å². The van der Waals surface area contributed by atoms with Crippen molar-refractivity contribution in [2.75, 3.05) is 20.2 Å². The lowest BCUT2D eigenvalue weighted by Gasteiger charge is -2.34. The maximum Gasteiger partial charge on any atom is 0.212 e. The van der Waals surface area contributed by atoms with Gasteiger partial charge in [-0.15, -0.1) is 0 Å². The first-order valence-corrected chi connectivity index (χ1v) is 7.22. The van der Waals surface area contributed by atoms with E-state index in [0.717, 1.165) is 6.54 Å². The molecule has 2 heterocycles. The van der Waals surface area contributed by atoms with Crippen LogP contribution in [0.1, 0.15) is 44.2 Å². The molecule has 0 radical (unpaired) electrons. The summed E-state index contributed by atoms with van der Waals surface area (Å²) in [5.41, 5.74) is 7.21. The fourth-order valence-corrected chi connectivity index (χ4v) is 2.93. The summed E-state index contributed by atoms with van der Waals surface area (Å²) in [7, 11) is 1.64. The molecule has 0 bridgehead atoms. The van der Waals surface area contributed by atoms with Crippen LogP contribution in [0, 0.1) is 0 Å². The molecule has 4 heteroatoms. The lowest BCUT2D eigenvalue weighted by atomic mass is 10.0. The minimum atomic E-state index is 0.270. The number of hydrogen-bond acceptors (Lipinski definition) is 4. The lowest BCUT2D eigenvalue weighted by Crippen LogP contribution is -2.39. The third-order valence-corrected chi connectivity index (χ3v) is 4.08. The first-order valence-electron chi connectivity index (χ1n) is 7.22.